The van der Waals surface area contributed by atoms with Crippen LogP contribution >= 0.6 is 34.2 Å². The number of nitrogens with two attached hydrogens (primary N) is 1. The molecule has 0 radical (unpaired) electrons. The number of halogens is 2. The molecule has 1 rings (SSSR count). The maximum absolute atomic E-state index is 5.93. The van der Waals surface area contributed by atoms with Crippen LogP contribution in [0.4, 0.5) is 0 Å². The largest absolute Gasteiger partial charge is 0.494 e. The van der Waals surface area contributed by atoms with Crippen molar-refractivity contribution in [3.63, 3.8) is 0 Å². The van der Waals surface area contributed by atoms with Crippen molar-refractivity contribution in [3.8, 4) is 5.75 Å². The first-order chi connectivity index (χ1) is 5.69. The molecular formula is C8H9ClINO. The molecule has 0 aliphatic carbocycles. The second kappa shape index (κ2) is 4.30. The molecule has 0 amide bonds. The molecular weight excluding hydrogens is 288 g/mol. The maximum atomic E-state index is 5.93. The summed E-state index contributed by atoms with van der Waals surface area (Å²) in [7, 11) is 1.60. The first-order valence-corrected chi connectivity index (χ1v) is 4.86. The molecule has 2 N–H and O–H groups in total. The number of rotatable bonds is 2. The van der Waals surface area contributed by atoms with E-state index in [0.717, 1.165) is 14.9 Å². The molecule has 2 nitrogen and oxygen atoms in total. The highest BCUT2D eigenvalue weighted by atomic mass is 127. The van der Waals surface area contributed by atoms with Crippen molar-refractivity contribution in [2.75, 3.05) is 7.11 Å². The van der Waals surface area contributed by atoms with E-state index in [1.165, 1.54) is 0 Å². The van der Waals surface area contributed by atoms with Crippen molar-refractivity contribution in [1.82, 2.24) is 0 Å². The van der Waals surface area contributed by atoms with Crippen LogP contribution in [0.2, 0.25) is 5.02 Å². The third-order valence-electron chi connectivity index (χ3n) is 1.50. The average Bonchev–Trinajstić information content (AvgIpc) is 2.03. The van der Waals surface area contributed by atoms with E-state index in [4.69, 9.17) is 22.1 Å². The normalized spacial score (nSPS) is 10.0. The summed E-state index contributed by atoms with van der Waals surface area (Å²) in [5, 5.41) is 0.616. The molecule has 0 fully saturated rings. The van der Waals surface area contributed by atoms with E-state index in [-0.39, 0.29) is 0 Å². The van der Waals surface area contributed by atoms with Gasteiger partial charge in [-0.05, 0) is 40.3 Å². The fourth-order valence-electron chi connectivity index (χ4n) is 0.925. The van der Waals surface area contributed by atoms with E-state index in [1.807, 2.05) is 12.1 Å². The van der Waals surface area contributed by atoms with Crippen molar-refractivity contribution < 1.29 is 4.74 Å². The minimum absolute atomic E-state index is 0.500. The summed E-state index contributed by atoms with van der Waals surface area (Å²) in [6.07, 6.45) is 0. The molecule has 0 heterocycles. The lowest BCUT2D eigenvalue weighted by atomic mass is 10.2. The Morgan fingerprint density at radius 2 is 2.25 bits per heavy atom. The molecule has 0 unspecified atom stereocenters. The zero-order chi connectivity index (χ0) is 9.14. The van der Waals surface area contributed by atoms with Gasteiger partial charge in [0, 0.05) is 6.54 Å². The Bertz CT molecular complexity index is 267. The summed E-state index contributed by atoms with van der Waals surface area (Å²) in [5.74, 6) is 0.717. The number of benzene rings is 1. The Hall–Kier alpha value is -0.000000000000000111. The Kier molecular flexibility index (Phi) is 3.61. The molecule has 0 aliphatic rings. The standard InChI is InChI=1S/C8H9ClINO/c1-12-8-6(9)2-5(4-11)3-7(8)10/h2-3H,4,11H2,1H3. The number of hydrogen-bond donors (Lipinski definition) is 1. The van der Waals surface area contributed by atoms with Crippen LogP contribution in [0.5, 0.6) is 5.75 Å². The van der Waals surface area contributed by atoms with Crippen molar-refractivity contribution in [2.24, 2.45) is 5.73 Å². The summed E-state index contributed by atoms with van der Waals surface area (Å²) in [4.78, 5) is 0. The summed E-state index contributed by atoms with van der Waals surface area (Å²) < 4.78 is 6.08. The highest BCUT2D eigenvalue weighted by Gasteiger charge is 2.06. The van der Waals surface area contributed by atoms with E-state index in [0.29, 0.717) is 11.6 Å². The van der Waals surface area contributed by atoms with Crippen LogP contribution in [-0.4, -0.2) is 7.11 Å². The first-order valence-electron chi connectivity index (χ1n) is 3.41. The predicted molar refractivity (Wildman–Crippen MR) is 58.6 cm³/mol. The van der Waals surface area contributed by atoms with Gasteiger partial charge in [-0.2, -0.15) is 0 Å². The van der Waals surface area contributed by atoms with Gasteiger partial charge >= 0.3 is 0 Å². The van der Waals surface area contributed by atoms with Gasteiger partial charge in [0.15, 0.2) is 5.75 Å². The van der Waals surface area contributed by atoms with Crippen LogP contribution in [0.1, 0.15) is 5.56 Å². The van der Waals surface area contributed by atoms with Crippen LogP contribution in [0.25, 0.3) is 0 Å². The number of ether oxygens (including phenoxy) is 1. The van der Waals surface area contributed by atoms with Crippen molar-refractivity contribution >= 4 is 34.2 Å². The van der Waals surface area contributed by atoms with Crippen LogP contribution in [0.3, 0.4) is 0 Å². The molecule has 0 aromatic heterocycles. The maximum Gasteiger partial charge on any atom is 0.150 e. The zero-order valence-electron chi connectivity index (χ0n) is 6.60. The second-order valence-corrected chi connectivity index (χ2v) is 3.87. The van der Waals surface area contributed by atoms with Gasteiger partial charge in [-0.1, -0.05) is 11.6 Å². The topological polar surface area (TPSA) is 35.2 Å². The monoisotopic (exact) mass is 297 g/mol. The molecule has 0 aliphatic heterocycles. The smallest absolute Gasteiger partial charge is 0.150 e. The van der Waals surface area contributed by atoms with Gasteiger partial charge in [-0.25, -0.2) is 0 Å². The molecule has 0 bridgehead atoms. The van der Waals surface area contributed by atoms with Crippen LogP contribution in [-0.2, 0) is 6.54 Å². The summed E-state index contributed by atoms with van der Waals surface area (Å²) in [6.45, 7) is 0.500. The van der Waals surface area contributed by atoms with E-state index >= 15 is 0 Å². The van der Waals surface area contributed by atoms with Gasteiger partial charge < -0.3 is 10.5 Å². The molecule has 1 aromatic carbocycles. The van der Waals surface area contributed by atoms with Gasteiger partial charge in [0.1, 0.15) is 0 Å². The fraction of sp³-hybridized carbons (Fsp3) is 0.250. The summed E-state index contributed by atoms with van der Waals surface area (Å²) >= 11 is 8.10. The lowest BCUT2D eigenvalue weighted by Crippen LogP contribution is -1.98. The zero-order valence-corrected chi connectivity index (χ0v) is 9.52. The Morgan fingerprint density at radius 3 is 2.67 bits per heavy atom. The van der Waals surface area contributed by atoms with Crippen molar-refractivity contribution in [2.45, 2.75) is 6.54 Å². The SMILES string of the molecule is COc1c(Cl)cc(CN)cc1I. The van der Waals surface area contributed by atoms with Crippen LogP contribution < -0.4 is 10.5 Å². The number of hydrogen-bond acceptors (Lipinski definition) is 2. The summed E-state index contributed by atoms with van der Waals surface area (Å²) in [6, 6.07) is 3.79. The molecule has 66 valence electrons. The van der Waals surface area contributed by atoms with Crippen LogP contribution in [0, 0.1) is 3.57 Å². The van der Waals surface area contributed by atoms with Gasteiger partial charge in [0.05, 0.1) is 15.7 Å². The van der Waals surface area contributed by atoms with Gasteiger partial charge in [-0.15, -0.1) is 0 Å². The average molecular weight is 298 g/mol. The van der Waals surface area contributed by atoms with Crippen LogP contribution in [0.15, 0.2) is 12.1 Å². The molecule has 0 saturated heterocycles. The molecule has 0 spiro atoms. The minimum atomic E-state index is 0.500. The second-order valence-electron chi connectivity index (χ2n) is 2.30. The molecule has 1 aromatic rings. The van der Waals surface area contributed by atoms with Gasteiger partial charge in [-0.3, -0.25) is 0 Å². The van der Waals surface area contributed by atoms with E-state index in [1.54, 1.807) is 7.11 Å². The molecule has 0 atom stereocenters. The van der Waals surface area contributed by atoms with Gasteiger partial charge in [0.2, 0.25) is 0 Å². The quantitative estimate of drug-likeness (QED) is 0.851. The van der Waals surface area contributed by atoms with E-state index in [9.17, 15) is 0 Å². The molecule has 12 heavy (non-hydrogen) atoms. The first kappa shape index (κ1) is 10.1. The van der Waals surface area contributed by atoms with Gasteiger partial charge in [0.25, 0.3) is 0 Å². The Labute approximate surface area is 90.2 Å². The minimum Gasteiger partial charge on any atom is -0.494 e. The molecule has 0 saturated carbocycles. The van der Waals surface area contributed by atoms with Crippen molar-refractivity contribution in [3.05, 3.63) is 26.3 Å². The highest BCUT2D eigenvalue weighted by Crippen LogP contribution is 2.30. The van der Waals surface area contributed by atoms with Crippen molar-refractivity contribution in [1.29, 1.82) is 0 Å². The Morgan fingerprint density at radius 1 is 1.58 bits per heavy atom. The van der Waals surface area contributed by atoms with E-state index < -0.39 is 0 Å². The number of methoxy groups -OCH3 is 1. The third-order valence-corrected chi connectivity index (χ3v) is 2.58. The fourth-order valence-corrected chi connectivity index (χ4v) is 2.31. The third kappa shape index (κ3) is 2.02. The highest BCUT2D eigenvalue weighted by molar-refractivity contribution is 14.1. The molecule has 4 heteroatoms. The lowest BCUT2D eigenvalue weighted by Gasteiger charge is -2.07. The lowest BCUT2D eigenvalue weighted by molar-refractivity contribution is 0.412. The summed E-state index contributed by atoms with van der Waals surface area (Å²) in [5.41, 5.74) is 6.50. The Balaban J connectivity index is 3.18. The van der Waals surface area contributed by atoms with E-state index in [2.05, 4.69) is 22.6 Å². The predicted octanol–water partition coefficient (Wildman–Crippen LogP) is 2.41.